The second-order valence-electron chi connectivity index (χ2n) is 15.7. The SMILES string of the molecule is CC(C)CN(C1CC(C)(C)NC(C)(C)C1)C1C(=O)C(=[N+](CC(C)C)C2CC(C)(C)NC(C)(C)C2)C1O. The van der Waals surface area contributed by atoms with Crippen molar-refractivity contribution in [3.05, 3.63) is 0 Å². The fourth-order valence-corrected chi connectivity index (χ4v) is 7.88. The summed E-state index contributed by atoms with van der Waals surface area (Å²) in [7, 11) is 0. The molecule has 0 aromatic rings. The molecular weight excluding hydrogens is 448 g/mol. The van der Waals surface area contributed by atoms with Gasteiger partial charge in [-0.15, -0.1) is 0 Å². The van der Waals surface area contributed by atoms with E-state index in [9.17, 15) is 9.90 Å². The summed E-state index contributed by atoms with van der Waals surface area (Å²) in [4.78, 5) is 16.4. The lowest BCUT2D eigenvalue weighted by atomic mass is 9.74. The van der Waals surface area contributed by atoms with Crippen LogP contribution in [0.1, 0.15) is 109 Å². The molecule has 0 amide bonds. The molecule has 6 heteroatoms. The first-order chi connectivity index (χ1) is 16.2. The number of piperidine rings is 2. The Bertz CT molecular complexity index is 823. The van der Waals surface area contributed by atoms with Crippen molar-refractivity contribution < 1.29 is 14.5 Å². The number of nitrogens with zero attached hydrogens (tertiary/aromatic N) is 2. The minimum Gasteiger partial charge on any atom is -0.380 e. The first-order valence-corrected chi connectivity index (χ1v) is 14.4. The molecule has 0 aromatic heterocycles. The minimum absolute atomic E-state index is 0.0120. The van der Waals surface area contributed by atoms with Crippen LogP contribution in [0.15, 0.2) is 0 Å². The summed E-state index contributed by atoms with van der Waals surface area (Å²) in [6.07, 6.45) is 3.15. The van der Waals surface area contributed by atoms with E-state index in [2.05, 4.69) is 103 Å². The number of hydrogen-bond donors (Lipinski definition) is 3. The van der Waals surface area contributed by atoms with E-state index >= 15 is 0 Å². The smallest absolute Gasteiger partial charge is 0.252 e. The molecule has 2 atom stereocenters. The molecule has 3 N–H and O–H groups in total. The second kappa shape index (κ2) is 10.1. The van der Waals surface area contributed by atoms with Gasteiger partial charge in [0.25, 0.3) is 5.71 Å². The third kappa shape index (κ3) is 6.78. The molecule has 1 saturated carbocycles. The molecule has 6 nitrogen and oxygen atoms in total. The van der Waals surface area contributed by atoms with Crippen molar-refractivity contribution in [2.75, 3.05) is 13.1 Å². The number of carbonyl (C=O) groups is 1. The highest BCUT2D eigenvalue weighted by atomic mass is 16.3. The molecule has 0 spiro atoms. The van der Waals surface area contributed by atoms with Crippen LogP contribution >= 0.6 is 0 Å². The van der Waals surface area contributed by atoms with Crippen molar-refractivity contribution >= 4 is 11.5 Å². The van der Waals surface area contributed by atoms with Gasteiger partial charge in [-0.1, -0.05) is 27.7 Å². The fraction of sp³-hybridized carbons (Fsp3) is 0.933. The summed E-state index contributed by atoms with van der Waals surface area (Å²) in [6, 6.07) is 0.0668. The Hall–Kier alpha value is -0.820. The van der Waals surface area contributed by atoms with Gasteiger partial charge in [-0.2, -0.15) is 0 Å². The van der Waals surface area contributed by atoms with Crippen molar-refractivity contribution in [2.24, 2.45) is 11.8 Å². The molecule has 0 radical (unpaired) electrons. The van der Waals surface area contributed by atoms with Gasteiger partial charge in [0.05, 0.1) is 0 Å². The van der Waals surface area contributed by atoms with Crippen molar-refractivity contribution in [1.29, 1.82) is 0 Å². The Morgan fingerprint density at radius 3 is 1.67 bits per heavy atom. The van der Waals surface area contributed by atoms with Crippen LogP contribution in [0.3, 0.4) is 0 Å². The molecule has 3 aliphatic rings. The summed E-state index contributed by atoms with van der Waals surface area (Å²) in [5.74, 6) is 0.982. The van der Waals surface area contributed by atoms with Crippen LogP contribution in [-0.4, -0.2) is 85.6 Å². The molecule has 2 aliphatic heterocycles. The zero-order chi connectivity index (χ0) is 27.4. The molecule has 2 unspecified atom stereocenters. The van der Waals surface area contributed by atoms with E-state index in [4.69, 9.17) is 0 Å². The minimum atomic E-state index is -0.725. The van der Waals surface area contributed by atoms with Crippen LogP contribution in [0.25, 0.3) is 0 Å². The molecule has 36 heavy (non-hydrogen) atoms. The number of hydrogen-bond acceptors (Lipinski definition) is 5. The van der Waals surface area contributed by atoms with Gasteiger partial charge in [-0.25, -0.2) is 4.58 Å². The first kappa shape index (κ1) is 29.7. The molecule has 3 rings (SSSR count). The van der Waals surface area contributed by atoms with Crippen LogP contribution in [0.5, 0.6) is 0 Å². The number of Topliss-reactive ketones (excluding diaryl/α,β-unsaturated/α-hetero) is 1. The maximum atomic E-state index is 14.0. The average Bonchev–Trinajstić information content (AvgIpc) is 2.61. The van der Waals surface area contributed by atoms with Gasteiger partial charge in [-0.05, 0) is 74.1 Å². The molecule has 3 fully saturated rings. The van der Waals surface area contributed by atoms with Crippen molar-refractivity contribution in [3.63, 3.8) is 0 Å². The van der Waals surface area contributed by atoms with Gasteiger partial charge in [-0.3, -0.25) is 9.69 Å². The number of aliphatic hydroxyl groups is 1. The van der Waals surface area contributed by atoms with Crippen molar-refractivity contribution in [3.8, 4) is 0 Å². The predicted octanol–water partition coefficient (Wildman–Crippen LogP) is 3.98. The van der Waals surface area contributed by atoms with Crippen molar-refractivity contribution in [2.45, 2.75) is 155 Å². The summed E-state index contributed by atoms with van der Waals surface area (Å²) >= 11 is 0. The van der Waals surface area contributed by atoms with E-state index in [1.54, 1.807) is 0 Å². The molecule has 208 valence electrons. The van der Waals surface area contributed by atoms with Crippen molar-refractivity contribution in [1.82, 2.24) is 15.5 Å². The Labute approximate surface area is 221 Å². The number of carbonyl (C=O) groups excluding carboxylic acids is 1. The zero-order valence-corrected chi connectivity index (χ0v) is 25.5. The lowest BCUT2D eigenvalue weighted by molar-refractivity contribution is -0.581. The van der Waals surface area contributed by atoms with Gasteiger partial charge in [0.2, 0.25) is 5.78 Å². The van der Waals surface area contributed by atoms with Crippen LogP contribution < -0.4 is 10.6 Å². The average molecular weight is 506 g/mol. The molecular formula is C30H57N4O2+. The van der Waals surface area contributed by atoms with E-state index in [1.165, 1.54) is 0 Å². The number of nitrogens with one attached hydrogen (secondary N) is 2. The number of rotatable bonds is 7. The number of ketones is 1. The first-order valence-electron chi connectivity index (χ1n) is 14.4. The molecule has 2 saturated heterocycles. The predicted molar refractivity (Wildman–Crippen MR) is 150 cm³/mol. The summed E-state index contributed by atoms with van der Waals surface area (Å²) in [6.45, 7) is 28.6. The molecule has 0 aromatic carbocycles. The van der Waals surface area contributed by atoms with Gasteiger partial charge >= 0.3 is 0 Å². The lowest BCUT2D eigenvalue weighted by Gasteiger charge is -2.53. The van der Waals surface area contributed by atoms with Gasteiger partial charge in [0.1, 0.15) is 12.6 Å². The number of aliphatic hydroxyl groups excluding tert-OH is 1. The van der Waals surface area contributed by atoms with Crippen LogP contribution in [-0.2, 0) is 4.79 Å². The molecule has 2 heterocycles. The van der Waals surface area contributed by atoms with Crippen LogP contribution in [0.4, 0.5) is 0 Å². The maximum absolute atomic E-state index is 14.0. The van der Waals surface area contributed by atoms with Crippen LogP contribution in [0, 0.1) is 11.8 Å². The summed E-state index contributed by atoms with van der Waals surface area (Å²) in [5, 5.41) is 19.3. The standard InChI is InChI=1S/C30H57N4O2/c1-19(2)17-33(21-13-27(5,6)31-28(7,8)14-21)23-25(35)24(26(23)36)34(18-20(3)4)22-15-29(9,10)32-30(11,12)16-22/h19-23,25,31-32,35H,13-18H2,1-12H3/q+1. The highest BCUT2D eigenvalue weighted by Crippen LogP contribution is 2.37. The van der Waals surface area contributed by atoms with Gasteiger partial charge in [0.15, 0.2) is 12.1 Å². The topological polar surface area (TPSA) is 67.6 Å². The Morgan fingerprint density at radius 2 is 1.28 bits per heavy atom. The third-order valence-electron chi connectivity index (χ3n) is 8.15. The lowest BCUT2D eigenvalue weighted by Crippen LogP contribution is -2.73. The largest absolute Gasteiger partial charge is 0.380 e. The monoisotopic (exact) mass is 505 g/mol. The highest BCUT2D eigenvalue weighted by Gasteiger charge is 2.59. The van der Waals surface area contributed by atoms with Gasteiger partial charge < -0.3 is 15.7 Å². The van der Waals surface area contributed by atoms with Gasteiger partial charge in [0, 0.05) is 53.5 Å². The maximum Gasteiger partial charge on any atom is 0.252 e. The normalized spacial score (nSPS) is 31.7. The highest BCUT2D eigenvalue weighted by molar-refractivity contribution is 6.49. The Balaban J connectivity index is 1.97. The third-order valence-corrected chi connectivity index (χ3v) is 8.15. The molecule has 0 bridgehead atoms. The summed E-state index contributed by atoms with van der Waals surface area (Å²) in [5.41, 5.74) is 0.599. The van der Waals surface area contributed by atoms with E-state index in [1.807, 2.05) is 0 Å². The second-order valence-corrected chi connectivity index (χ2v) is 15.7. The fourth-order valence-electron chi connectivity index (χ4n) is 7.88. The van der Waals surface area contributed by atoms with E-state index < -0.39 is 12.1 Å². The Morgan fingerprint density at radius 1 is 0.833 bits per heavy atom. The van der Waals surface area contributed by atoms with E-state index in [0.717, 1.165) is 38.8 Å². The van der Waals surface area contributed by atoms with E-state index in [0.29, 0.717) is 17.5 Å². The van der Waals surface area contributed by atoms with E-state index in [-0.39, 0.29) is 40.0 Å². The quantitative estimate of drug-likeness (QED) is 0.457. The zero-order valence-electron chi connectivity index (χ0n) is 25.5. The Kier molecular flexibility index (Phi) is 8.30. The van der Waals surface area contributed by atoms with Crippen LogP contribution in [0.2, 0.25) is 0 Å². The summed E-state index contributed by atoms with van der Waals surface area (Å²) < 4.78 is 2.31. The molecule has 1 aliphatic carbocycles.